The summed E-state index contributed by atoms with van der Waals surface area (Å²) in [5, 5.41) is 5.33. The van der Waals surface area contributed by atoms with Gasteiger partial charge in [-0.1, -0.05) is 29.1 Å². The van der Waals surface area contributed by atoms with Crippen LogP contribution in [0.4, 0.5) is 0 Å². The smallest absolute Gasteiger partial charge is 0.262 e. The second-order valence-electron chi connectivity index (χ2n) is 7.10. The quantitative estimate of drug-likeness (QED) is 0.222. The molecule has 3 heterocycles. The minimum atomic E-state index is -0.116. The number of nitrogens with zero attached hydrogens (tertiary/aromatic N) is 5. The number of aryl methyl sites for hydroxylation is 1. The van der Waals surface area contributed by atoms with E-state index in [1.165, 1.54) is 0 Å². The monoisotopic (exact) mass is 437 g/mol. The molecule has 0 saturated heterocycles. The standard InChI is InChI=1S/C22H23N5O3S/c1-15(14-29-2)27-21(28)17-8-3-4-9-18(17)24-22(27)31-12-6-10-19-25-20(26-30-19)16-7-5-11-23-13-16/h3-5,7-9,11,13,15H,6,10,12,14H2,1-2H3/t15-/m1/s1. The first kappa shape index (κ1) is 21.2. The Kier molecular flexibility index (Phi) is 6.73. The predicted octanol–water partition coefficient (Wildman–Crippen LogP) is 3.77. The molecule has 8 nitrogen and oxygen atoms in total. The second-order valence-corrected chi connectivity index (χ2v) is 8.16. The maximum atomic E-state index is 13.1. The maximum absolute atomic E-state index is 13.1. The van der Waals surface area contributed by atoms with Gasteiger partial charge in [0.25, 0.3) is 5.56 Å². The fourth-order valence-electron chi connectivity index (χ4n) is 3.29. The summed E-state index contributed by atoms with van der Waals surface area (Å²) in [5.41, 5.74) is 1.48. The van der Waals surface area contributed by atoms with Crippen LogP contribution < -0.4 is 5.56 Å². The van der Waals surface area contributed by atoms with Crippen LogP contribution in [0.15, 0.2) is 63.3 Å². The van der Waals surface area contributed by atoms with Crippen LogP contribution in [0.2, 0.25) is 0 Å². The molecule has 0 fully saturated rings. The lowest BCUT2D eigenvalue weighted by atomic mass is 10.2. The van der Waals surface area contributed by atoms with Crippen molar-refractivity contribution in [2.75, 3.05) is 19.5 Å². The number of para-hydroxylation sites is 1. The van der Waals surface area contributed by atoms with Crippen LogP contribution >= 0.6 is 11.8 Å². The van der Waals surface area contributed by atoms with Crippen LogP contribution in [-0.2, 0) is 11.2 Å². The largest absolute Gasteiger partial charge is 0.383 e. The summed E-state index contributed by atoms with van der Waals surface area (Å²) in [4.78, 5) is 26.3. The van der Waals surface area contributed by atoms with E-state index in [1.807, 2.05) is 43.3 Å². The summed E-state index contributed by atoms with van der Waals surface area (Å²) in [6.45, 7) is 2.40. The molecule has 31 heavy (non-hydrogen) atoms. The van der Waals surface area contributed by atoms with Crippen molar-refractivity contribution < 1.29 is 9.26 Å². The molecule has 0 N–H and O–H groups in total. The Morgan fingerprint density at radius 3 is 2.87 bits per heavy atom. The van der Waals surface area contributed by atoms with Crippen molar-refractivity contribution in [3.05, 3.63) is 65.0 Å². The zero-order valence-electron chi connectivity index (χ0n) is 17.4. The highest BCUT2D eigenvalue weighted by molar-refractivity contribution is 7.99. The lowest BCUT2D eigenvalue weighted by Gasteiger charge is -2.18. The minimum Gasteiger partial charge on any atom is -0.383 e. The first-order chi connectivity index (χ1) is 15.2. The Labute approximate surface area is 183 Å². The van der Waals surface area contributed by atoms with Crippen molar-refractivity contribution in [2.45, 2.75) is 31.0 Å². The molecule has 0 radical (unpaired) electrons. The maximum Gasteiger partial charge on any atom is 0.262 e. The molecule has 0 aliphatic heterocycles. The lowest BCUT2D eigenvalue weighted by molar-refractivity contribution is 0.156. The zero-order chi connectivity index (χ0) is 21.6. The van der Waals surface area contributed by atoms with Gasteiger partial charge in [0, 0.05) is 37.2 Å². The van der Waals surface area contributed by atoms with Crippen molar-refractivity contribution >= 4 is 22.7 Å². The van der Waals surface area contributed by atoms with Crippen LogP contribution in [0.1, 0.15) is 25.3 Å². The van der Waals surface area contributed by atoms with E-state index < -0.39 is 0 Å². The van der Waals surface area contributed by atoms with Gasteiger partial charge in [0.05, 0.1) is 23.6 Å². The third-order valence-corrected chi connectivity index (χ3v) is 5.82. The molecule has 1 atom stereocenters. The number of hydrogen-bond acceptors (Lipinski definition) is 8. The Bertz CT molecular complexity index is 1210. The first-order valence-corrected chi connectivity index (χ1v) is 11.0. The average molecular weight is 438 g/mol. The summed E-state index contributed by atoms with van der Waals surface area (Å²) in [6.07, 6.45) is 4.86. The van der Waals surface area contributed by atoms with Gasteiger partial charge in [-0.15, -0.1) is 0 Å². The minimum absolute atomic E-state index is 0.0457. The molecule has 0 aliphatic rings. The van der Waals surface area contributed by atoms with Crippen LogP contribution in [0.5, 0.6) is 0 Å². The number of hydrogen-bond donors (Lipinski definition) is 0. The van der Waals surface area contributed by atoms with E-state index in [-0.39, 0.29) is 11.6 Å². The predicted molar refractivity (Wildman–Crippen MR) is 119 cm³/mol. The van der Waals surface area contributed by atoms with Crippen molar-refractivity contribution in [3.63, 3.8) is 0 Å². The number of rotatable bonds is 9. The second kappa shape index (κ2) is 9.84. The molecule has 160 valence electrons. The van der Waals surface area contributed by atoms with Gasteiger partial charge < -0.3 is 9.26 Å². The number of fused-ring (bicyclic) bond motifs is 1. The molecule has 3 aromatic heterocycles. The van der Waals surface area contributed by atoms with E-state index in [9.17, 15) is 4.79 Å². The summed E-state index contributed by atoms with van der Waals surface area (Å²) < 4.78 is 12.4. The fourth-order valence-corrected chi connectivity index (χ4v) is 4.32. The van der Waals surface area contributed by atoms with Crippen molar-refractivity contribution in [1.29, 1.82) is 0 Å². The van der Waals surface area contributed by atoms with Gasteiger partial charge in [0.1, 0.15) is 0 Å². The van der Waals surface area contributed by atoms with Crippen LogP contribution in [0.25, 0.3) is 22.3 Å². The van der Waals surface area contributed by atoms with Gasteiger partial charge >= 0.3 is 0 Å². The van der Waals surface area contributed by atoms with E-state index >= 15 is 0 Å². The van der Waals surface area contributed by atoms with Crippen molar-refractivity contribution in [2.24, 2.45) is 0 Å². The Morgan fingerprint density at radius 1 is 1.19 bits per heavy atom. The summed E-state index contributed by atoms with van der Waals surface area (Å²) in [6, 6.07) is 11.0. The molecule has 9 heteroatoms. The fraction of sp³-hybridized carbons (Fsp3) is 0.318. The molecule has 4 rings (SSSR count). The van der Waals surface area contributed by atoms with Gasteiger partial charge in [0.2, 0.25) is 11.7 Å². The molecule has 0 unspecified atom stereocenters. The van der Waals surface area contributed by atoms with Gasteiger partial charge in [-0.3, -0.25) is 14.3 Å². The van der Waals surface area contributed by atoms with E-state index in [0.29, 0.717) is 40.8 Å². The summed E-state index contributed by atoms with van der Waals surface area (Å²) in [7, 11) is 1.63. The Morgan fingerprint density at radius 2 is 2.06 bits per heavy atom. The number of aromatic nitrogens is 5. The number of pyridine rings is 1. The highest BCUT2D eigenvalue weighted by Gasteiger charge is 2.16. The molecule has 4 aromatic rings. The molecule has 1 aromatic carbocycles. The molecule has 0 aliphatic carbocycles. The normalized spacial score (nSPS) is 12.3. The first-order valence-electron chi connectivity index (χ1n) is 10.0. The van der Waals surface area contributed by atoms with Crippen LogP contribution in [0, 0.1) is 0 Å². The van der Waals surface area contributed by atoms with Gasteiger partial charge in [-0.25, -0.2) is 4.98 Å². The van der Waals surface area contributed by atoms with E-state index in [1.54, 1.807) is 35.8 Å². The summed E-state index contributed by atoms with van der Waals surface area (Å²) >= 11 is 1.55. The topological polar surface area (TPSA) is 95.9 Å². The molecule has 0 amide bonds. The van der Waals surface area contributed by atoms with Crippen LogP contribution in [0.3, 0.4) is 0 Å². The van der Waals surface area contributed by atoms with E-state index in [2.05, 4.69) is 15.1 Å². The Hall–Kier alpha value is -3.04. The highest BCUT2D eigenvalue weighted by atomic mass is 32.2. The zero-order valence-corrected chi connectivity index (χ0v) is 18.2. The van der Waals surface area contributed by atoms with Crippen LogP contribution in [-0.4, -0.2) is 44.1 Å². The lowest BCUT2D eigenvalue weighted by Crippen LogP contribution is -2.28. The van der Waals surface area contributed by atoms with E-state index in [4.69, 9.17) is 14.2 Å². The third-order valence-electron chi connectivity index (χ3n) is 4.78. The Balaban J connectivity index is 1.46. The SMILES string of the molecule is COC[C@@H](C)n1c(SCCCc2nc(-c3cccnc3)no2)nc2ccccc2c1=O. The van der Waals surface area contributed by atoms with Crippen molar-refractivity contribution in [1.82, 2.24) is 24.7 Å². The van der Waals surface area contributed by atoms with Crippen molar-refractivity contribution in [3.8, 4) is 11.4 Å². The number of ether oxygens (including phenoxy) is 1. The van der Waals surface area contributed by atoms with Gasteiger partial charge in [-0.2, -0.15) is 4.98 Å². The molecular weight excluding hydrogens is 414 g/mol. The van der Waals surface area contributed by atoms with Gasteiger partial charge in [-0.05, 0) is 37.6 Å². The van der Waals surface area contributed by atoms with E-state index in [0.717, 1.165) is 17.7 Å². The summed E-state index contributed by atoms with van der Waals surface area (Å²) in [5.74, 6) is 1.87. The molecular formula is C22H23N5O3S. The average Bonchev–Trinajstić information content (AvgIpc) is 3.27. The molecule has 0 bridgehead atoms. The third kappa shape index (κ3) is 4.83. The molecule has 0 spiro atoms. The number of thioether (sulfide) groups is 1. The highest BCUT2D eigenvalue weighted by Crippen LogP contribution is 2.23. The van der Waals surface area contributed by atoms with Gasteiger partial charge in [0.15, 0.2) is 5.16 Å². The number of benzene rings is 1. The number of methoxy groups -OCH3 is 1. The molecule has 0 saturated carbocycles.